The Morgan fingerprint density at radius 3 is 1.80 bits per heavy atom. The molecule has 8 heteroatoms. The molecule has 0 radical (unpaired) electrons. The lowest BCUT2D eigenvalue weighted by atomic mass is 10.1. The molecule has 0 aromatic heterocycles. The van der Waals surface area contributed by atoms with E-state index in [0.717, 1.165) is 19.3 Å². The lowest BCUT2D eigenvalue weighted by Crippen LogP contribution is -2.50. The van der Waals surface area contributed by atoms with E-state index in [2.05, 4.69) is 19.1 Å². The van der Waals surface area contributed by atoms with Gasteiger partial charge in [-0.1, -0.05) is 83.3 Å². The number of hydrogen-bond acceptors (Lipinski definition) is 6. The molecule has 0 heterocycles. The maximum atomic E-state index is 12.3. The molecule has 0 aliphatic heterocycles. The summed E-state index contributed by atoms with van der Waals surface area (Å²) in [6.45, 7) is 3.73. The molecule has 234 valence electrons. The molecule has 2 atom stereocenters. The molecular weight excluding hydrogens is 510 g/mol. The number of unbranched alkanes of at least 4 members (excludes halogenated alkanes) is 13. The van der Waals surface area contributed by atoms with Crippen LogP contribution in [0.1, 0.15) is 123 Å². The summed E-state index contributed by atoms with van der Waals surface area (Å²) in [5, 5.41) is 9.42. The highest BCUT2D eigenvalue weighted by Crippen LogP contribution is 2.13. The Morgan fingerprint density at radius 1 is 0.775 bits per heavy atom. The lowest BCUT2D eigenvalue weighted by molar-refractivity contribution is -0.887. The molecule has 8 nitrogen and oxygen atoms in total. The fourth-order valence-corrected chi connectivity index (χ4v) is 4.52. The number of esters is 2. The van der Waals surface area contributed by atoms with Gasteiger partial charge in [0.05, 0.1) is 34.4 Å². The Labute approximate surface area is 244 Å². The van der Waals surface area contributed by atoms with Crippen molar-refractivity contribution < 1.29 is 38.2 Å². The quantitative estimate of drug-likeness (QED) is 0.0499. The first kappa shape index (κ1) is 38.1. The maximum absolute atomic E-state index is 12.3. The van der Waals surface area contributed by atoms with Crippen LogP contribution in [-0.4, -0.2) is 80.6 Å². The van der Waals surface area contributed by atoms with E-state index in [4.69, 9.17) is 14.2 Å². The average molecular weight is 571 g/mol. The molecule has 0 rings (SSSR count). The minimum Gasteiger partial charge on any atom is -0.477 e. The number of carbonyl (C=O) groups excluding carboxylic acids is 2. The van der Waals surface area contributed by atoms with Crippen molar-refractivity contribution in [3.63, 3.8) is 0 Å². The molecule has 0 aliphatic rings. The standard InChI is InChI=1S/C32H59NO7/c1-6-7-8-9-10-11-12-13-14-15-16-17-18-19-20-21-22-23-31(35)40-29(27-39-28(2)34)26-38-25-24-30(32(36)37)33(3,4)5/h13-14,29-30H,6-12,15-27H2,1-5H3/p+1/b14-13-. The summed E-state index contributed by atoms with van der Waals surface area (Å²) in [7, 11) is 5.46. The van der Waals surface area contributed by atoms with Crippen LogP contribution in [0, 0.1) is 0 Å². The van der Waals surface area contributed by atoms with E-state index in [1.807, 2.05) is 21.1 Å². The van der Waals surface area contributed by atoms with E-state index in [1.54, 1.807) is 0 Å². The Hall–Kier alpha value is -1.93. The van der Waals surface area contributed by atoms with Gasteiger partial charge in [0.15, 0.2) is 12.1 Å². The van der Waals surface area contributed by atoms with Gasteiger partial charge in [-0.3, -0.25) is 9.59 Å². The van der Waals surface area contributed by atoms with Gasteiger partial charge in [-0.15, -0.1) is 0 Å². The van der Waals surface area contributed by atoms with Crippen molar-refractivity contribution in [3.8, 4) is 0 Å². The summed E-state index contributed by atoms with van der Waals surface area (Å²) < 4.78 is 16.4. The van der Waals surface area contributed by atoms with Crippen LogP contribution in [-0.2, 0) is 28.6 Å². The minimum atomic E-state index is -0.884. The number of aliphatic carboxylic acids is 1. The smallest absolute Gasteiger partial charge is 0.362 e. The molecule has 1 N–H and O–H groups in total. The molecule has 0 fully saturated rings. The van der Waals surface area contributed by atoms with Crippen LogP contribution >= 0.6 is 0 Å². The minimum absolute atomic E-state index is 0.0523. The van der Waals surface area contributed by atoms with E-state index >= 15 is 0 Å². The predicted molar refractivity (Wildman–Crippen MR) is 160 cm³/mol. The van der Waals surface area contributed by atoms with Gasteiger partial charge < -0.3 is 23.8 Å². The number of nitrogens with zero attached hydrogens (tertiary/aromatic N) is 1. The number of carboxylic acids is 1. The molecule has 0 aromatic carbocycles. The van der Waals surface area contributed by atoms with Crippen LogP contribution in [0.4, 0.5) is 0 Å². The van der Waals surface area contributed by atoms with Gasteiger partial charge in [0.2, 0.25) is 0 Å². The first-order valence-electron chi connectivity index (χ1n) is 15.7. The van der Waals surface area contributed by atoms with Crippen molar-refractivity contribution >= 4 is 17.9 Å². The van der Waals surface area contributed by atoms with Gasteiger partial charge in [0.1, 0.15) is 6.61 Å². The molecule has 0 saturated heterocycles. The number of hydrogen-bond donors (Lipinski definition) is 1. The molecule has 0 aliphatic carbocycles. The zero-order valence-electron chi connectivity index (χ0n) is 26.3. The van der Waals surface area contributed by atoms with E-state index in [0.29, 0.717) is 12.8 Å². The topological polar surface area (TPSA) is 99.1 Å². The Kier molecular flexibility index (Phi) is 23.6. The summed E-state index contributed by atoms with van der Waals surface area (Å²) in [4.78, 5) is 35.0. The zero-order chi connectivity index (χ0) is 30.1. The first-order chi connectivity index (χ1) is 19.1. The van der Waals surface area contributed by atoms with Crippen LogP contribution in [0.5, 0.6) is 0 Å². The molecule has 0 aromatic rings. The zero-order valence-corrected chi connectivity index (χ0v) is 26.3. The largest absolute Gasteiger partial charge is 0.477 e. The van der Waals surface area contributed by atoms with Crippen molar-refractivity contribution in [2.24, 2.45) is 0 Å². The monoisotopic (exact) mass is 570 g/mol. The number of ether oxygens (including phenoxy) is 3. The summed E-state index contributed by atoms with van der Waals surface area (Å²) in [6, 6.07) is -0.606. The van der Waals surface area contributed by atoms with Gasteiger partial charge in [-0.05, 0) is 32.1 Å². The fourth-order valence-electron chi connectivity index (χ4n) is 4.52. The summed E-state index contributed by atoms with van der Waals surface area (Å²) in [6.07, 6.45) is 22.9. The third-order valence-electron chi connectivity index (χ3n) is 6.97. The third kappa shape index (κ3) is 23.9. The highest BCUT2D eigenvalue weighted by Gasteiger charge is 2.31. The van der Waals surface area contributed by atoms with Crippen LogP contribution in [0.2, 0.25) is 0 Å². The molecule has 0 bridgehead atoms. The molecular formula is C32H60NO7+. The highest BCUT2D eigenvalue weighted by molar-refractivity contribution is 5.72. The SMILES string of the molecule is CCCCCCCC/C=C\CCCCCCCCCC(=O)OC(COCCC(C(=O)O)[N+](C)(C)C)COC(C)=O. The molecule has 2 unspecified atom stereocenters. The summed E-state index contributed by atoms with van der Waals surface area (Å²) in [5.74, 6) is -1.67. The second-order valence-electron chi connectivity index (χ2n) is 11.8. The Bertz CT molecular complexity index is 687. The second-order valence-corrected chi connectivity index (χ2v) is 11.8. The first-order valence-corrected chi connectivity index (χ1v) is 15.7. The number of quaternary nitrogens is 1. The van der Waals surface area contributed by atoms with E-state index in [1.165, 1.54) is 84.0 Å². The van der Waals surface area contributed by atoms with E-state index < -0.39 is 24.1 Å². The number of rotatable bonds is 27. The average Bonchev–Trinajstić information content (AvgIpc) is 2.87. The molecule has 40 heavy (non-hydrogen) atoms. The van der Waals surface area contributed by atoms with Gasteiger partial charge in [0.25, 0.3) is 0 Å². The van der Waals surface area contributed by atoms with Crippen LogP contribution in [0.15, 0.2) is 12.2 Å². The third-order valence-corrected chi connectivity index (χ3v) is 6.97. The van der Waals surface area contributed by atoms with Gasteiger partial charge in [-0.2, -0.15) is 0 Å². The number of likely N-dealkylation sites (N-methyl/N-ethyl adjacent to an activating group) is 1. The van der Waals surface area contributed by atoms with Crippen molar-refractivity contribution in [1.29, 1.82) is 0 Å². The van der Waals surface area contributed by atoms with Gasteiger partial charge in [0, 0.05) is 19.8 Å². The summed E-state index contributed by atoms with van der Waals surface area (Å²) in [5.41, 5.74) is 0. The normalized spacial score (nSPS) is 13.3. The van der Waals surface area contributed by atoms with Crippen molar-refractivity contribution in [2.45, 2.75) is 135 Å². The maximum Gasteiger partial charge on any atom is 0.362 e. The highest BCUT2D eigenvalue weighted by atomic mass is 16.6. The second kappa shape index (κ2) is 24.8. The number of allylic oxidation sites excluding steroid dienone is 2. The van der Waals surface area contributed by atoms with Crippen LogP contribution in [0.3, 0.4) is 0 Å². The van der Waals surface area contributed by atoms with E-state index in [-0.39, 0.29) is 30.3 Å². The molecule has 0 amide bonds. The number of carboxylic acid groups (broad SMARTS) is 1. The molecule has 0 saturated carbocycles. The van der Waals surface area contributed by atoms with Crippen LogP contribution < -0.4 is 0 Å². The van der Waals surface area contributed by atoms with Crippen LogP contribution in [0.25, 0.3) is 0 Å². The molecule has 0 spiro atoms. The summed E-state index contributed by atoms with van der Waals surface area (Å²) >= 11 is 0. The van der Waals surface area contributed by atoms with E-state index in [9.17, 15) is 19.5 Å². The fraction of sp³-hybridized carbons (Fsp3) is 0.844. The van der Waals surface area contributed by atoms with Crippen molar-refractivity contribution in [1.82, 2.24) is 0 Å². The Morgan fingerprint density at radius 2 is 1.30 bits per heavy atom. The predicted octanol–water partition coefficient (Wildman–Crippen LogP) is 6.85. The van der Waals surface area contributed by atoms with Crippen molar-refractivity contribution in [3.05, 3.63) is 12.2 Å². The van der Waals surface area contributed by atoms with Crippen molar-refractivity contribution in [2.75, 3.05) is 41.0 Å². The number of carbonyl (C=O) groups is 3. The van der Waals surface area contributed by atoms with Gasteiger partial charge in [-0.25, -0.2) is 4.79 Å². The lowest BCUT2D eigenvalue weighted by Gasteiger charge is -2.31. The Balaban J connectivity index is 3.95. The van der Waals surface area contributed by atoms with Gasteiger partial charge >= 0.3 is 17.9 Å².